The molecule has 1 saturated heterocycles. The fourth-order valence-corrected chi connectivity index (χ4v) is 5.03. The molecule has 6 rings (SSSR count). The van der Waals surface area contributed by atoms with E-state index in [-0.39, 0.29) is 24.3 Å². The van der Waals surface area contributed by atoms with Gasteiger partial charge in [0.25, 0.3) is 5.91 Å². The van der Waals surface area contributed by atoms with Gasteiger partial charge in [-0.15, -0.1) is 0 Å². The molecule has 2 atom stereocenters. The van der Waals surface area contributed by atoms with Crippen LogP contribution < -0.4 is 0 Å². The number of imide groups is 1. The van der Waals surface area contributed by atoms with E-state index >= 15 is 0 Å². The Kier molecular flexibility index (Phi) is 4.15. The van der Waals surface area contributed by atoms with Gasteiger partial charge in [0.05, 0.1) is 6.54 Å². The smallest absolute Gasteiger partial charge is 0.328 e. The fourth-order valence-electron chi connectivity index (χ4n) is 5.03. The first-order valence-corrected chi connectivity index (χ1v) is 10.6. The lowest BCUT2D eigenvalue weighted by atomic mass is 9.89. The Hall–Kier alpha value is -3.93. The molecule has 0 unspecified atom stereocenters. The van der Waals surface area contributed by atoms with Gasteiger partial charge in [-0.25, -0.2) is 9.18 Å². The Balaban J connectivity index is 1.49. The molecule has 1 aromatic heterocycles. The van der Waals surface area contributed by atoms with E-state index in [9.17, 15) is 14.0 Å². The van der Waals surface area contributed by atoms with Crippen LogP contribution in [0.5, 0.6) is 0 Å². The van der Waals surface area contributed by atoms with Crippen molar-refractivity contribution in [2.75, 3.05) is 0 Å². The van der Waals surface area contributed by atoms with Gasteiger partial charge in [-0.1, -0.05) is 60.7 Å². The largest absolute Gasteiger partial charge is 0.356 e. The molecule has 0 spiro atoms. The third-order valence-corrected chi connectivity index (χ3v) is 6.50. The summed E-state index contributed by atoms with van der Waals surface area (Å²) in [5.74, 6) is -0.533. The third-order valence-electron chi connectivity index (χ3n) is 6.50. The Bertz CT molecular complexity index is 1350. The topological polar surface area (TPSA) is 56.4 Å². The molecule has 2 aliphatic heterocycles. The number of H-pyrrole nitrogens is 1. The van der Waals surface area contributed by atoms with Gasteiger partial charge < -0.3 is 4.98 Å². The maximum absolute atomic E-state index is 13.7. The average molecular weight is 425 g/mol. The Labute approximate surface area is 184 Å². The number of nitrogens with one attached hydrogen (secondary N) is 1. The number of urea groups is 1. The maximum atomic E-state index is 13.7. The molecule has 0 aliphatic carbocycles. The van der Waals surface area contributed by atoms with Gasteiger partial charge in [-0.2, -0.15) is 0 Å². The van der Waals surface area contributed by atoms with Gasteiger partial charge in [0.15, 0.2) is 0 Å². The normalized spacial score (nSPS) is 20.0. The lowest BCUT2D eigenvalue weighted by molar-refractivity contribution is -0.129. The second kappa shape index (κ2) is 7.05. The van der Waals surface area contributed by atoms with Gasteiger partial charge in [-0.05, 0) is 34.9 Å². The second-order valence-corrected chi connectivity index (χ2v) is 8.34. The van der Waals surface area contributed by atoms with Crippen LogP contribution in [0.1, 0.15) is 28.4 Å². The summed E-state index contributed by atoms with van der Waals surface area (Å²) in [6.45, 7) is 0.232. The zero-order valence-electron chi connectivity index (χ0n) is 17.2. The van der Waals surface area contributed by atoms with Gasteiger partial charge in [0.1, 0.15) is 17.9 Å². The van der Waals surface area contributed by atoms with E-state index in [1.54, 1.807) is 17.0 Å². The first kappa shape index (κ1) is 18.8. The van der Waals surface area contributed by atoms with Crippen LogP contribution in [0.4, 0.5) is 9.18 Å². The Morgan fingerprint density at radius 2 is 1.62 bits per heavy atom. The molecule has 3 heterocycles. The van der Waals surface area contributed by atoms with Crippen molar-refractivity contribution in [3.63, 3.8) is 0 Å². The van der Waals surface area contributed by atoms with E-state index in [4.69, 9.17) is 0 Å². The van der Waals surface area contributed by atoms with E-state index in [2.05, 4.69) is 4.98 Å². The first-order valence-electron chi connectivity index (χ1n) is 10.6. The van der Waals surface area contributed by atoms with Crippen LogP contribution in [-0.4, -0.2) is 32.8 Å². The summed E-state index contributed by atoms with van der Waals surface area (Å²) in [4.78, 5) is 33.5. The monoisotopic (exact) mass is 425 g/mol. The quantitative estimate of drug-likeness (QED) is 0.480. The summed E-state index contributed by atoms with van der Waals surface area (Å²) in [6, 6.07) is 22.2. The van der Waals surface area contributed by atoms with Gasteiger partial charge >= 0.3 is 6.03 Å². The summed E-state index contributed by atoms with van der Waals surface area (Å²) in [6.07, 6.45) is 0.451. The number of aromatic amines is 1. The number of carbonyl (C=O) groups is 2. The maximum Gasteiger partial charge on any atom is 0.328 e. The molecule has 1 fully saturated rings. The molecule has 4 aromatic rings. The Morgan fingerprint density at radius 1 is 0.906 bits per heavy atom. The molecule has 32 heavy (non-hydrogen) atoms. The van der Waals surface area contributed by atoms with Crippen LogP contribution in [0.2, 0.25) is 0 Å². The van der Waals surface area contributed by atoms with Crippen LogP contribution >= 0.6 is 0 Å². The number of halogens is 1. The van der Waals surface area contributed by atoms with Crippen LogP contribution in [-0.2, 0) is 17.8 Å². The number of fused-ring (bicyclic) bond motifs is 4. The fraction of sp³-hybridized carbons (Fsp3) is 0.154. The molecule has 5 nitrogen and oxygen atoms in total. The summed E-state index contributed by atoms with van der Waals surface area (Å²) < 4.78 is 13.7. The van der Waals surface area contributed by atoms with E-state index < -0.39 is 12.1 Å². The lowest BCUT2D eigenvalue weighted by Gasteiger charge is -2.36. The predicted molar refractivity (Wildman–Crippen MR) is 118 cm³/mol. The van der Waals surface area contributed by atoms with Crippen LogP contribution in [0.3, 0.4) is 0 Å². The highest BCUT2D eigenvalue weighted by Crippen LogP contribution is 2.44. The number of carbonyl (C=O) groups excluding carboxylic acids is 2. The molecule has 2 aliphatic rings. The highest BCUT2D eigenvalue weighted by Gasteiger charge is 2.52. The number of aromatic nitrogens is 1. The van der Waals surface area contributed by atoms with Crippen LogP contribution in [0, 0.1) is 5.82 Å². The van der Waals surface area contributed by atoms with Crippen molar-refractivity contribution in [3.05, 3.63) is 107 Å². The standard InChI is InChI=1S/C26H20FN3O2/c27-18-12-10-17(11-13-18)24-23-20(19-8-4-5-9-21(19)28-23)14-22-25(31)29(26(32)30(22)24)15-16-6-2-1-3-7-16/h1-13,22,24,28H,14-15H2/t22-,24+/m1/s1. The lowest BCUT2D eigenvalue weighted by Crippen LogP contribution is -2.44. The van der Waals surface area contributed by atoms with Crippen molar-refractivity contribution in [2.45, 2.75) is 25.0 Å². The van der Waals surface area contributed by atoms with E-state index in [1.807, 2.05) is 54.6 Å². The number of hydrogen-bond donors (Lipinski definition) is 1. The van der Waals surface area contributed by atoms with Crippen LogP contribution in [0.25, 0.3) is 10.9 Å². The summed E-state index contributed by atoms with van der Waals surface area (Å²) >= 11 is 0. The van der Waals surface area contributed by atoms with Gasteiger partial charge in [0.2, 0.25) is 0 Å². The minimum absolute atomic E-state index is 0.193. The van der Waals surface area contributed by atoms with Crippen molar-refractivity contribution >= 4 is 22.8 Å². The zero-order valence-corrected chi connectivity index (χ0v) is 17.2. The van der Waals surface area contributed by atoms with Gasteiger partial charge in [0, 0.05) is 23.0 Å². The molecule has 158 valence electrons. The molecule has 0 radical (unpaired) electrons. The molecule has 3 aromatic carbocycles. The number of nitrogens with zero attached hydrogens (tertiary/aromatic N) is 2. The van der Waals surface area contributed by atoms with Crippen molar-refractivity contribution in [2.24, 2.45) is 0 Å². The summed E-state index contributed by atoms with van der Waals surface area (Å²) in [5, 5.41) is 1.05. The van der Waals surface area contributed by atoms with E-state index in [0.717, 1.165) is 33.3 Å². The highest BCUT2D eigenvalue weighted by molar-refractivity contribution is 6.05. The highest BCUT2D eigenvalue weighted by atomic mass is 19.1. The number of rotatable bonds is 3. The van der Waals surface area contributed by atoms with E-state index in [1.165, 1.54) is 17.0 Å². The van der Waals surface area contributed by atoms with Gasteiger partial charge in [-0.3, -0.25) is 14.6 Å². The second-order valence-electron chi connectivity index (χ2n) is 8.34. The number of hydrogen-bond acceptors (Lipinski definition) is 2. The average Bonchev–Trinajstić information content (AvgIpc) is 3.30. The predicted octanol–water partition coefficient (Wildman–Crippen LogP) is 4.79. The summed E-state index contributed by atoms with van der Waals surface area (Å²) in [5.41, 5.74) is 4.56. The molecule has 3 amide bonds. The van der Waals surface area contributed by atoms with E-state index in [0.29, 0.717) is 6.42 Å². The number of para-hydroxylation sites is 1. The molecule has 1 N–H and O–H groups in total. The minimum atomic E-state index is -0.590. The molecule has 6 heteroatoms. The Morgan fingerprint density at radius 3 is 2.41 bits per heavy atom. The first-order chi connectivity index (χ1) is 15.6. The van der Waals surface area contributed by atoms with Crippen molar-refractivity contribution in [1.29, 1.82) is 0 Å². The molecular weight excluding hydrogens is 405 g/mol. The third kappa shape index (κ3) is 2.76. The van der Waals surface area contributed by atoms with Crippen LogP contribution in [0.15, 0.2) is 78.9 Å². The van der Waals surface area contributed by atoms with Crippen molar-refractivity contribution in [3.8, 4) is 0 Å². The summed E-state index contributed by atoms with van der Waals surface area (Å²) in [7, 11) is 0. The van der Waals surface area contributed by atoms with Crippen molar-refractivity contribution in [1.82, 2.24) is 14.8 Å². The van der Waals surface area contributed by atoms with Crippen molar-refractivity contribution < 1.29 is 14.0 Å². The zero-order chi connectivity index (χ0) is 21.8. The number of amides is 3. The SMILES string of the molecule is O=C1[C@H]2Cc3c([nH]c4ccccc34)[C@H](c3ccc(F)cc3)N2C(=O)N1Cc1ccccc1. The minimum Gasteiger partial charge on any atom is -0.356 e. The molecule has 0 saturated carbocycles. The molecule has 0 bridgehead atoms. The number of benzene rings is 3. The molecular formula is C26H20FN3O2.